The standard InChI is InChI=1S/C27H22N2O3/c1-32-25-19-11-18-24(20-25)29(23-16-9-4-10-17-23)27(31)26(30)28(21-12-5-2-6-13-21)22-14-7-3-8-15-22/h2-20H,1H3. The van der Waals surface area contributed by atoms with E-state index in [-0.39, 0.29) is 0 Å². The van der Waals surface area contributed by atoms with Gasteiger partial charge in [0.1, 0.15) is 5.75 Å². The SMILES string of the molecule is COc1cccc(N(C(=O)C(=O)N(c2ccccc2)c2ccccc2)c2ccccc2)c1. The quantitative estimate of drug-likeness (QED) is 0.386. The number of para-hydroxylation sites is 3. The number of nitrogens with zero attached hydrogens (tertiary/aromatic N) is 2. The molecular formula is C27H22N2O3. The van der Waals surface area contributed by atoms with Crippen molar-refractivity contribution in [3.8, 4) is 5.75 Å². The van der Waals surface area contributed by atoms with E-state index in [0.717, 1.165) is 0 Å². The highest BCUT2D eigenvalue weighted by molar-refractivity contribution is 6.47. The lowest BCUT2D eigenvalue weighted by Gasteiger charge is -2.27. The van der Waals surface area contributed by atoms with Gasteiger partial charge in [0.2, 0.25) is 0 Å². The van der Waals surface area contributed by atoms with Crippen LogP contribution in [0, 0.1) is 0 Å². The maximum atomic E-state index is 13.7. The van der Waals surface area contributed by atoms with Crippen LogP contribution in [0.4, 0.5) is 22.7 Å². The highest BCUT2D eigenvalue weighted by Gasteiger charge is 2.31. The largest absolute Gasteiger partial charge is 0.497 e. The Morgan fingerprint density at radius 1 is 0.531 bits per heavy atom. The highest BCUT2D eigenvalue weighted by atomic mass is 16.5. The van der Waals surface area contributed by atoms with Crippen molar-refractivity contribution in [2.75, 3.05) is 16.9 Å². The zero-order valence-corrected chi connectivity index (χ0v) is 17.6. The van der Waals surface area contributed by atoms with Crippen molar-refractivity contribution < 1.29 is 14.3 Å². The minimum atomic E-state index is -0.683. The molecule has 0 aliphatic heterocycles. The van der Waals surface area contributed by atoms with E-state index in [1.54, 1.807) is 67.8 Å². The Bertz CT molecular complexity index is 1160. The summed E-state index contributed by atoms with van der Waals surface area (Å²) < 4.78 is 5.33. The van der Waals surface area contributed by atoms with Crippen LogP contribution in [0.25, 0.3) is 0 Å². The number of rotatable bonds is 5. The van der Waals surface area contributed by atoms with Crippen LogP contribution in [0.15, 0.2) is 115 Å². The second-order valence-corrected chi connectivity index (χ2v) is 6.99. The molecule has 0 saturated carbocycles. The highest BCUT2D eigenvalue weighted by Crippen LogP contribution is 2.31. The molecule has 0 N–H and O–H groups in total. The van der Waals surface area contributed by atoms with Crippen LogP contribution in [0.3, 0.4) is 0 Å². The Kier molecular flexibility index (Phi) is 6.28. The van der Waals surface area contributed by atoms with Crippen LogP contribution in [0.1, 0.15) is 0 Å². The van der Waals surface area contributed by atoms with Gasteiger partial charge in [-0.1, -0.05) is 60.7 Å². The molecule has 0 aromatic heterocycles. The van der Waals surface area contributed by atoms with Crippen molar-refractivity contribution in [2.45, 2.75) is 0 Å². The molecule has 0 aliphatic rings. The molecule has 0 atom stereocenters. The van der Waals surface area contributed by atoms with Gasteiger partial charge >= 0.3 is 11.8 Å². The fraction of sp³-hybridized carbons (Fsp3) is 0.0370. The third-order valence-corrected chi connectivity index (χ3v) is 4.94. The smallest absolute Gasteiger partial charge is 0.321 e. The molecule has 4 aromatic carbocycles. The van der Waals surface area contributed by atoms with Crippen molar-refractivity contribution in [3.63, 3.8) is 0 Å². The van der Waals surface area contributed by atoms with Crippen molar-refractivity contribution in [1.82, 2.24) is 0 Å². The van der Waals surface area contributed by atoms with Crippen LogP contribution < -0.4 is 14.5 Å². The van der Waals surface area contributed by atoms with Crippen molar-refractivity contribution >= 4 is 34.6 Å². The Morgan fingerprint density at radius 3 is 1.31 bits per heavy atom. The molecule has 0 spiro atoms. The third kappa shape index (κ3) is 4.37. The predicted molar refractivity (Wildman–Crippen MR) is 127 cm³/mol. The van der Waals surface area contributed by atoms with E-state index in [2.05, 4.69) is 0 Å². The summed E-state index contributed by atoms with van der Waals surface area (Å²) in [6.07, 6.45) is 0. The van der Waals surface area contributed by atoms with Crippen molar-refractivity contribution in [3.05, 3.63) is 115 Å². The van der Waals surface area contributed by atoms with Gasteiger partial charge in [0.05, 0.1) is 12.8 Å². The first kappa shape index (κ1) is 20.9. The number of carbonyl (C=O) groups excluding carboxylic acids is 2. The number of carbonyl (C=O) groups is 2. The van der Waals surface area contributed by atoms with Gasteiger partial charge in [-0.2, -0.15) is 0 Å². The van der Waals surface area contributed by atoms with Gasteiger partial charge in [0.25, 0.3) is 0 Å². The summed E-state index contributed by atoms with van der Waals surface area (Å²) in [6, 6.07) is 34.5. The Labute approximate surface area is 187 Å². The molecule has 0 bridgehead atoms. The average molecular weight is 422 g/mol. The third-order valence-electron chi connectivity index (χ3n) is 4.94. The van der Waals surface area contributed by atoms with Crippen molar-refractivity contribution in [1.29, 1.82) is 0 Å². The van der Waals surface area contributed by atoms with E-state index in [9.17, 15) is 9.59 Å². The molecule has 32 heavy (non-hydrogen) atoms. The van der Waals surface area contributed by atoms with Crippen LogP contribution in [0.5, 0.6) is 5.75 Å². The first-order valence-corrected chi connectivity index (χ1v) is 10.2. The normalized spacial score (nSPS) is 10.3. The van der Waals surface area contributed by atoms with Gasteiger partial charge < -0.3 is 4.74 Å². The summed E-state index contributed by atoms with van der Waals surface area (Å²) in [7, 11) is 1.56. The van der Waals surface area contributed by atoms with E-state index >= 15 is 0 Å². The number of hydrogen-bond donors (Lipinski definition) is 0. The van der Waals surface area contributed by atoms with Gasteiger partial charge in [-0.05, 0) is 48.5 Å². The van der Waals surface area contributed by atoms with Gasteiger partial charge in [0.15, 0.2) is 0 Å². The average Bonchev–Trinajstić information content (AvgIpc) is 2.86. The fourth-order valence-corrected chi connectivity index (χ4v) is 3.44. The molecule has 0 unspecified atom stereocenters. The monoisotopic (exact) mass is 422 g/mol. The van der Waals surface area contributed by atoms with Crippen LogP contribution in [-0.2, 0) is 9.59 Å². The van der Waals surface area contributed by atoms with Crippen LogP contribution in [-0.4, -0.2) is 18.9 Å². The lowest BCUT2D eigenvalue weighted by Crippen LogP contribution is -2.41. The molecule has 0 radical (unpaired) electrons. The number of ether oxygens (including phenoxy) is 1. The summed E-state index contributed by atoms with van der Waals surface area (Å²) in [6.45, 7) is 0. The first-order chi connectivity index (χ1) is 15.7. The van der Waals surface area contributed by atoms with E-state index in [1.165, 1.54) is 9.80 Å². The molecule has 2 amide bonds. The number of anilines is 4. The van der Waals surface area contributed by atoms with Crippen molar-refractivity contribution in [2.24, 2.45) is 0 Å². The zero-order chi connectivity index (χ0) is 22.3. The molecule has 0 fully saturated rings. The minimum Gasteiger partial charge on any atom is -0.497 e. The molecule has 158 valence electrons. The summed E-state index contributed by atoms with van der Waals surface area (Å²) in [5, 5.41) is 0. The second-order valence-electron chi connectivity index (χ2n) is 6.99. The van der Waals surface area contributed by atoms with E-state index in [0.29, 0.717) is 28.5 Å². The summed E-state index contributed by atoms with van der Waals surface area (Å²) in [5.74, 6) is -0.766. The predicted octanol–water partition coefficient (Wildman–Crippen LogP) is 5.72. The molecule has 0 heterocycles. The number of amides is 2. The van der Waals surface area contributed by atoms with Crippen LogP contribution in [0.2, 0.25) is 0 Å². The molecule has 5 heteroatoms. The van der Waals surface area contributed by atoms with Gasteiger partial charge in [0, 0.05) is 23.1 Å². The first-order valence-electron chi connectivity index (χ1n) is 10.2. The fourth-order valence-electron chi connectivity index (χ4n) is 3.44. The summed E-state index contributed by atoms with van der Waals surface area (Å²) in [5.41, 5.74) is 2.33. The molecular weight excluding hydrogens is 400 g/mol. The molecule has 0 aliphatic carbocycles. The van der Waals surface area contributed by atoms with E-state index < -0.39 is 11.8 Å². The topological polar surface area (TPSA) is 49.9 Å². The minimum absolute atomic E-state index is 0.537. The molecule has 0 saturated heterocycles. The Hall–Kier alpha value is -4.38. The maximum absolute atomic E-state index is 13.7. The summed E-state index contributed by atoms with van der Waals surface area (Å²) in [4.78, 5) is 30.3. The molecule has 4 aromatic rings. The van der Waals surface area contributed by atoms with Gasteiger partial charge in [-0.3, -0.25) is 19.4 Å². The molecule has 4 rings (SSSR count). The molecule has 5 nitrogen and oxygen atoms in total. The maximum Gasteiger partial charge on any atom is 0.321 e. The number of hydrogen-bond acceptors (Lipinski definition) is 3. The number of benzene rings is 4. The lowest BCUT2D eigenvalue weighted by atomic mass is 10.2. The van der Waals surface area contributed by atoms with E-state index in [4.69, 9.17) is 4.74 Å². The Balaban J connectivity index is 1.80. The lowest BCUT2D eigenvalue weighted by molar-refractivity contribution is -0.135. The van der Waals surface area contributed by atoms with Gasteiger partial charge in [-0.25, -0.2) is 0 Å². The summed E-state index contributed by atoms with van der Waals surface area (Å²) >= 11 is 0. The van der Waals surface area contributed by atoms with Crippen LogP contribution >= 0.6 is 0 Å². The zero-order valence-electron chi connectivity index (χ0n) is 17.6. The second kappa shape index (κ2) is 9.62. The van der Waals surface area contributed by atoms with E-state index in [1.807, 2.05) is 54.6 Å². The Morgan fingerprint density at radius 2 is 0.906 bits per heavy atom. The van der Waals surface area contributed by atoms with Gasteiger partial charge in [-0.15, -0.1) is 0 Å². The number of methoxy groups -OCH3 is 1.